The van der Waals surface area contributed by atoms with Crippen LogP contribution in [0.1, 0.15) is 88.8 Å². The van der Waals surface area contributed by atoms with Gasteiger partial charge in [0.15, 0.2) is 0 Å². The third kappa shape index (κ3) is 4.12. The molecular weight excluding hydrogens is 542 g/mol. The van der Waals surface area contributed by atoms with Crippen molar-refractivity contribution in [2.45, 2.75) is 85.5 Å². The average molecular weight is 590 g/mol. The van der Waals surface area contributed by atoms with E-state index in [-0.39, 0.29) is 21.7 Å². The van der Waals surface area contributed by atoms with E-state index in [0.717, 1.165) is 0 Å². The van der Waals surface area contributed by atoms with Crippen molar-refractivity contribution in [2.24, 2.45) is 5.41 Å². The van der Waals surface area contributed by atoms with Crippen LogP contribution in [0.2, 0.25) is 0 Å². The topological polar surface area (TPSA) is 3.24 Å². The van der Waals surface area contributed by atoms with Gasteiger partial charge in [0, 0.05) is 22.4 Å². The van der Waals surface area contributed by atoms with Crippen LogP contribution >= 0.6 is 0 Å². The SMILES string of the molecule is Cc1ccc(N(c2ccc(C)cc2)c2cccc3c2-c2ccc(-c4ccc5c(c4)C(C)(C)C(C)(C)C5(C)C)cc2C3(C)C)cc1. The highest BCUT2D eigenvalue weighted by molar-refractivity contribution is 5.95. The summed E-state index contributed by atoms with van der Waals surface area (Å²) >= 11 is 0. The Bertz CT molecular complexity index is 1900. The lowest BCUT2D eigenvalue weighted by atomic mass is 9.59. The Morgan fingerprint density at radius 3 is 1.56 bits per heavy atom. The molecule has 0 amide bonds. The van der Waals surface area contributed by atoms with Crippen LogP contribution in [0.5, 0.6) is 0 Å². The predicted octanol–water partition coefficient (Wildman–Crippen LogP) is 12.3. The van der Waals surface area contributed by atoms with E-state index >= 15 is 0 Å². The summed E-state index contributed by atoms with van der Waals surface area (Å²) in [6.07, 6.45) is 0. The molecule has 0 fully saturated rings. The third-order valence-corrected chi connectivity index (χ3v) is 12.3. The molecule has 0 saturated heterocycles. The molecule has 2 aliphatic rings. The molecule has 5 aromatic rings. The zero-order valence-corrected chi connectivity index (χ0v) is 28.8. The number of benzene rings is 5. The summed E-state index contributed by atoms with van der Waals surface area (Å²) in [6.45, 7) is 23.7. The predicted molar refractivity (Wildman–Crippen MR) is 193 cm³/mol. The molecular formula is C44H47N. The summed E-state index contributed by atoms with van der Waals surface area (Å²) < 4.78 is 0. The number of rotatable bonds is 4. The lowest BCUT2D eigenvalue weighted by Crippen LogP contribution is -2.42. The van der Waals surface area contributed by atoms with Crippen molar-refractivity contribution >= 4 is 17.1 Å². The van der Waals surface area contributed by atoms with Gasteiger partial charge in [-0.2, -0.15) is 0 Å². The van der Waals surface area contributed by atoms with E-state index in [1.807, 2.05) is 0 Å². The maximum atomic E-state index is 2.49. The molecule has 0 heterocycles. The molecule has 0 aromatic heterocycles. The molecule has 1 heteroatoms. The fourth-order valence-electron chi connectivity index (χ4n) is 8.19. The van der Waals surface area contributed by atoms with Crippen LogP contribution < -0.4 is 4.90 Å². The molecule has 2 aliphatic carbocycles. The molecule has 228 valence electrons. The first-order valence-corrected chi connectivity index (χ1v) is 16.5. The van der Waals surface area contributed by atoms with Gasteiger partial charge in [0.05, 0.1) is 5.69 Å². The Morgan fingerprint density at radius 2 is 0.978 bits per heavy atom. The van der Waals surface area contributed by atoms with Gasteiger partial charge in [0.25, 0.3) is 0 Å². The van der Waals surface area contributed by atoms with E-state index < -0.39 is 0 Å². The highest BCUT2D eigenvalue weighted by Gasteiger charge is 2.56. The Hall–Kier alpha value is -4.10. The minimum atomic E-state index is -0.122. The maximum absolute atomic E-state index is 2.49. The molecule has 0 unspecified atom stereocenters. The second-order valence-corrected chi connectivity index (χ2v) is 15.7. The zero-order chi connectivity index (χ0) is 32.1. The van der Waals surface area contributed by atoms with Crippen LogP contribution in [0.3, 0.4) is 0 Å². The van der Waals surface area contributed by atoms with Gasteiger partial charge in [0.1, 0.15) is 0 Å². The van der Waals surface area contributed by atoms with E-state index in [1.165, 1.54) is 72.7 Å². The second-order valence-electron chi connectivity index (χ2n) is 15.7. The minimum absolute atomic E-state index is 0.0817. The van der Waals surface area contributed by atoms with Crippen LogP contribution in [0.25, 0.3) is 22.3 Å². The number of hydrogen-bond donors (Lipinski definition) is 0. The van der Waals surface area contributed by atoms with Crippen molar-refractivity contribution in [3.63, 3.8) is 0 Å². The van der Waals surface area contributed by atoms with Crippen LogP contribution in [0.15, 0.2) is 103 Å². The third-order valence-electron chi connectivity index (χ3n) is 12.3. The van der Waals surface area contributed by atoms with E-state index in [4.69, 9.17) is 0 Å². The first kappa shape index (κ1) is 29.6. The fourth-order valence-corrected chi connectivity index (χ4v) is 8.19. The number of nitrogens with zero attached hydrogens (tertiary/aromatic N) is 1. The Labute approximate surface area is 271 Å². The van der Waals surface area contributed by atoms with Crippen molar-refractivity contribution < 1.29 is 0 Å². The summed E-state index contributed by atoms with van der Waals surface area (Å²) in [6, 6.07) is 39.2. The van der Waals surface area contributed by atoms with Gasteiger partial charge in [-0.1, -0.05) is 133 Å². The average Bonchev–Trinajstić information content (AvgIpc) is 3.30. The summed E-state index contributed by atoms with van der Waals surface area (Å²) in [4.78, 5) is 2.43. The lowest BCUT2D eigenvalue weighted by molar-refractivity contribution is 0.125. The Balaban J connectivity index is 1.39. The molecule has 0 bridgehead atoms. The van der Waals surface area contributed by atoms with Gasteiger partial charge in [0.2, 0.25) is 0 Å². The standard InChI is InChI=1S/C44H47N/c1-28-14-20-32(21-15-28)45(33-22-16-29(2)17-23-33)39-13-11-12-36-40(39)34-24-18-30(26-37(34)41(36,3)4)31-19-25-35-38(27-31)43(7,8)44(9,10)42(35,5)6/h11-27H,1-10H3. The summed E-state index contributed by atoms with van der Waals surface area (Å²) in [5, 5.41) is 0. The van der Waals surface area contributed by atoms with Crippen molar-refractivity contribution in [3.8, 4) is 22.3 Å². The van der Waals surface area contributed by atoms with Crippen molar-refractivity contribution in [3.05, 3.63) is 137 Å². The highest BCUT2D eigenvalue weighted by Crippen LogP contribution is 2.62. The molecule has 0 N–H and O–H groups in total. The maximum Gasteiger partial charge on any atom is 0.0543 e. The molecule has 0 radical (unpaired) electrons. The molecule has 45 heavy (non-hydrogen) atoms. The number of hydrogen-bond acceptors (Lipinski definition) is 1. The molecule has 0 aliphatic heterocycles. The Kier molecular flexibility index (Phi) is 6.38. The van der Waals surface area contributed by atoms with Crippen molar-refractivity contribution in [1.82, 2.24) is 0 Å². The molecule has 1 nitrogen and oxygen atoms in total. The lowest BCUT2D eigenvalue weighted by Gasteiger charge is -2.44. The van der Waals surface area contributed by atoms with Gasteiger partial charge in [-0.25, -0.2) is 0 Å². The Morgan fingerprint density at radius 1 is 0.467 bits per heavy atom. The molecule has 5 aromatic carbocycles. The second kappa shape index (κ2) is 9.70. The summed E-state index contributed by atoms with van der Waals surface area (Å²) in [5.74, 6) is 0. The summed E-state index contributed by atoms with van der Waals surface area (Å²) in [5.41, 5.74) is 17.4. The van der Waals surface area contributed by atoms with Gasteiger partial charge >= 0.3 is 0 Å². The largest absolute Gasteiger partial charge is 0.310 e. The van der Waals surface area contributed by atoms with E-state index in [1.54, 1.807) is 0 Å². The monoisotopic (exact) mass is 589 g/mol. The van der Waals surface area contributed by atoms with E-state index in [9.17, 15) is 0 Å². The van der Waals surface area contributed by atoms with Crippen LogP contribution in [-0.4, -0.2) is 0 Å². The molecule has 0 atom stereocenters. The van der Waals surface area contributed by atoms with E-state index in [2.05, 4.69) is 177 Å². The molecule has 7 rings (SSSR count). The van der Waals surface area contributed by atoms with Crippen LogP contribution in [-0.2, 0) is 16.2 Å². The number of aryl methyl sites for hydroxylation is 2. The smallest absolute Gasteiger partial charge is 0.0543 e. The molecule has 0 saturated carbocycles. The van der Waals surface area contributed by atoms with Crippen molar-refractivity contribution in [2.75, 3.05) is 4.90 Å². The first-order valence-electron chi connectivity index (χ1n) is 16.5. The summed E-state index contributed by atoms with van der Waals surface area (Å²) in [7, 11) is 0. The highest BCUT2D eigenvalue weighted by atomic mass is 15.1. The fraction of sp³-hybridized carbons (Fsp3) is 0.318. The zero-order valence-electron chi connectivity index (χ0n) is 28.8. The van der Waals surface area contributed by atoms with Crippen molar-refractivity contribution in [1.29, 1.82) is 0 Å². The quantitative estimate of drug-likeness (QED) is 0.201. The number of anilines is 3. The van der Waals surface area contributed by atoms with Gasteiger partial charge < -0.3 is 4.90 Å². The minimum Gasteiger partial charge on any atom is -0.310 e. The van der Waals surface area contributed by atoms with E-state index in [0.29, 0.717) is 0 Å². The van der Waals surface area contributed by atoms with Gasteiger partial charge in [-0.3, -0.25) is 0 Å². The van der Waals surface area contributed by atoms with Gasteiger partial charge in [-0.05, 0) is 105 Å². The number of fused-ring (bicyclic) bond motifs is 4. The normalized spacial score (nSPS) is 17.8. The first-order chi connectivity index (χ1) is 21.2. The van der Waals surface area contributed by atoms with Crippen LogP contribution in [0.4, 0.5) is 17.1 Å². The molecule has 0 spiro atoms. The van der Waals surface area contributed by atoms with Crippen LogP contribution in [0, 0.1) is 19.3 Å². The van der Waals surface area contributed by atoms with Gasteiger partial charge in [-0.15, -0.1) is 0 Å².